The van der Waals surface area contributed by atoms with E-state index < -0.39 is 0 Å². The third kappa shape index (κ3) is 3.93. The zero-order chi connectivity index (χ0) is 12.3. The topological polar surface area (TPSA) is 50.4 Å². The summed E-state index contributed by atoms with van der Waals surface area (Å²) in [5.41, 5.74) is 0. The summed E-state index contributed by atoms with van der Waals surface area (Å²) in [5.74, 6) is -0.00231. The van der Waals surface area contributed by atoms with Gasteiger partial charge >= 0.3 is 0 Å². The van der Waals surface area contributed by atoms with Crippen LogP contribution in [0.25, 0.3) is 0 Å². The molecule has 1 aliphatic rings. The molecule has 7 heteroatoms. The number of nitrogens with one attached hydrogen (secondary N) is 2. The molecule has 0 bridgehead atoms. The monoisotopic (exact) mass is 354 g/mol. The summed E-state index contributed by atoms with van der Waals surface area (Å²) in [4.78, 5) is 13.1. The molecule has 1 aliphatic heterocycles. The maximum absolute atomic E-state index is 12.0. The lowest BCUT2D eigenvalue weighted by atomic mass is 10.1. The van der Waals surface area contributed by atoms with Gasteiger partial charge in [-0.3, -0.25) is 4.79 Å². The van der Waals surface area contributed by atoms with E-state index in [1.165, 1.54) is 0 Å². The van der Waals surface area contributed by atoms with Crippen LogP contribution in [0.15, 0.2) is 15.9 Å². The summed E-state index contributed by atoms with van der Waals surface area (Å²) in [7, 11) is 0. The molecule has 2 atom stereocenters. The van der Waals surface area contributed by atoms with Crippen molar-refractivity contribution in [2.45, 2.75) is 25.6 Å². The van der Waals surface area contributed by atoms with Crippen LogP contribution in [0.3, 0.4) is 0 Å². The van der Waals surface area contributed by atoms with Gasteiger partial charge in [0.2, 0.25) is 5.91 Å². The largest absolute Gasteiger partial charge is 0.375 e. The summed E-state index contributed by atoms with van der Waals surface area (Å²) in [6, 6.07) is 1.74. The molecular formula is C11H16BrClN2O2S. The Morgan fingerprint density at radius 2 is 2.50 bits per heavy atom. The highest BCUT2D eigenvalue weighted by molar-refractivity contribution is 9.10. The van der Waals surface area contributed by atoms with Gasteiger partial charge in [-0.15, -0.1) is 23.7 Å². The Hall–Kier alpha value is -0.140. The van der Waals surface area contributed by atoms with Gasteiger partial charge in [0.1, 0.15) is 6.04 Å². The molecule has 18 heavy (non-hydrogen) atoms. The fraction of sp³-hybridized carbons (Fsp3) is 0.545. The summed E-state index contributed by atoms with van der Waals surface area (Å²) in [6.07, 6.45) is -0.0736. The molecule has 2 heterocycles. The Labute approximate surface area is 125 Å². The van der Waals surface area contributed by atoms with Crippen molar-refractivity contribution in [3.05, 3.63) is 20.8 Å². The molecule has 1 aromatic heterocycles. The summed E-state index contributed by atoms with van der Waals surface area (Å²) >= 11 is 5.07. The smallest absolute Gasteiger partial charge is 0.240 e. The fourth-order valence-corrected chi connectivity index (χ4v) is 3.19. The number of halogens is 2. The molecule has 0 aromatic carbocycles. The molecular weight excluding hydrogens is 340 g/mol. The average Bonchev–Trinajstić information content (AvgIpc) is 2.72. The van der Waals surface area contributed by atoms with Crippen molar-refractivity contribution in [1.29, 1.82) is 0 Å². The van der Waals surface area contributed by atoms with Crippen LogP contribution in [0.4, 0.5) is 0 Å². The van der Waals surface area contributed by atoms with Crippen molar-refractivity contribution in [3.63, 3.8) is 0 Å². The van der Waals surface area contributed by atoms with Gasteiger partial charge in [-0.2, -0.15) is 0 Å². The van der Waals surface area contributed by atoms with E-state index in [1.807, 2.05) is 18.4 Å². The van der Waals surface area contributed by atoms with Crippen LogP contribution in [0, 0.1) is 0 Å². The van der Waals surface area contributed by atoms with Gasteiger partial charge < -0.3 is 15.4 Å². The van der Waals surface area contributed by atoms with Gasteiger partial charge in [-0.1, -0.05) is 0 Å². The van der Waals surface area contributed by atoms with E-state index in [2.05, 4.69) is 26.6 Å². The van der Waals surface area contributed by atoms with Crippen molar-refractivity contribution in [1.82, 2.24) is 10.6 Å². The lowest BCUT2D eigenvalue weighted by Crippen LogP contribution is -2.55. The van der Waals surface area contributed by atoms with Gasteiger partial charge in [0.05, 0.1) is 19.3 Å². The second-order valence-electron chi connectivity index (χ2n) is 3.92. The minimum Gasteiger partial charge on any atom is -0.375 e. The van der Waals surface area contributed by atoms with Crippen molar-refractivity contribution in [2.24, 2.45) is 0 Å². The minimum atomic E-state index is -0.248. The molecule has 0 saturated carbocycles. The molecule has 0 unspecified atom stereocenters. The van der Waals surface area contributed by atoms with Gasteiger partial charge in [-0.05, 0) is 34.3 Å². The Kier molecular flexibility index (Phi) is 6.59. The van der Waals surface area contributed by atoms with Crippen LogP contribution < -0.4 is 10.6 Å². The van der Waals surface area contributed by atoms with Crippen LogP contribution in [-0.4, -0.2) is 31.2 Å². The van der Waals surface area contributed by atoms with E-state index in [0.717, 1.165) is 15.9 Å². The molecule has 1 saturated heterocycles. The molecule has 1 fully saturated rings. The van der Waals surface area contributed by atoms with E-state index >= 15 is 0 Å². The molecule has 102 valence electrons. The molecule has 1 amide bonds. The standard InChI is InChI=1S/C11H15BrN2O2S.ClH/c1-7-10(13-3-4-16-7)11(15)14-6-9-8(12)2-5-17-9;/h2,5,7,10,13H,3-4,6H2,1H3,(H,14,15);1H/t7-,10+;/m1./s1. The Morgan fingerprint density at radius 3 is 3.11 bits per heavy atom. The molecule has 2 N–H and O–H groups in total. The third-order valence-corrected chi connectivity index (χ3v) is 4.64. The molecule has 0 radical (unpaired) electrons. The van der Waals surface area contributed by atoms with Crippen LogP contribution in [0.2, 0.25) is 0 Å². The zero-order valence-corrected chi connectivity index (χ0v) is 13.2. The Balaban J connectivity index is 0.00000162. The number of carbonyl (C=O) groups excluding carboxylic acids is 1. The van der Waals surface area contributed by atoms with Crippen molar-refractivity contribution in [2.75, 3.05) is 13.2 Å². The Morgan fingerprint density at radius 1 is 1.72 bits per heavy atom. The SMILES string of the molecule is C[C@H]1OCCN[C@@H]1C(=O)NCc1sccc1Br.Cl. The molecule has 1 aromatic rings. The first kappa shape index (κ1) is 15.9. The predicted molar refractivity (Wildman–Crippen MR) is 78.3 cm³/mol. The molecule has 0 spiro atoms. The predicted octanol–water partition coefficient (Wildman–Crippen LogP) is 1.93. The van der Waals surface area contributed by atoms with Crippen molar-refractivity contribution < 1.29 is 9.53 Å². The number of rotatable bonds is 3. The fourth-order valence-electron chi connectivity index (χ4n) is 1.76. The number of morpholine rings is 1. The van der Waals surface area contributed by atoms with Crippen LogP contribution in [0.5, 0.6) is 0 Å². The maximum atomic E-state index is 12.0. The minimum absolute atomic E-state index is 0. The van der Waals surface area contributed by atoms with E-state index in [1.54, 1.807) is 11.3 Å². The number of thiophene rings is 1. The van der Waals surface area contributed by atoms with E-state index in [-0.39, 0.29) is 30.5 Å². The van der Waals surface area contributed by atoms with Crippen LogP contribution in [-0.2, 0) is 16.1 Å². The van der Waals surface area contributed by atoms with E-state index in [4.69, 9.17) is 4.74 Å². The number of ether oxygens (including phenoxy) is 1. The molecule has 4 nitrogen and oxygen atoms in total. The zero-order valence-electron chi connectivity index (χ0n) is 9.94. The highest BCUT2D eigenvalue weighted by Crippen LogP contribution is 2.22. The van der Waals surface area contributed by atoms with Gasteiger partial charge in [-0.25, -0.2) is 0 Å². The van der Waals surface area contributed by atoms with Crippen LogP contribution in [0.1, 0.15) is 11.8 Å². The maximum Gasteiger partial charge on any atom is 0.240 e. The second-order valence-corrected chi connectivity index (χ2v) is 5.77. The molecule has 2 rings (SSSR count). The van der Waals surface area contributed by atoms with E-state index in [9.17, 15) is 4.79 Å². The average molecular weight is 356 g/mol. The van der Waals surface area contributed by atoms with Crippen molar-refractivity contribution in [3.8, 4) is 0 Å². The highest BCUT2D eigenvalue weighted by atomic mass is 79.9. The second kappa shape index (κ2) is 7.45. The number of amides is 1. The summed E-state index contributed by atoms with van der Waals surface area (Å²) in [6.45, 7) is 3.87. The summed E-state index contributed by atoms with van der Waals surface area (Å²) in [5, 5.41) is 8.09. The highest BCUT2D eigenvalue weighted by Gasteiger charge is 2.27. The lowest BCUT2D eigenvalue weighted by Gasteiger charge is -2.29. The number of carbonyl (C=O) groups is 1. The van der Waals surface area contributed by atoms with Gasteiger partial charge in [0, 0.05) is 15.9 Å². The van der Waals surface area contributed by atoms with Gasteiger partial charge in [0.15, 0.2) is 0 Å². The van der Waals surface area contributed by atoms with E-state index in [0.29, 0.717) is 13.2 Å². The van der Waals surface area contributed by atoms with Gasteiger partial charge in [0.25, 0.3) is 0 Å². The first-order valence-corrected chi connectivity index (χ1v) is 7.20. The van der Waals surface area contributed by atoms with Crippen LogP contribution >= 0.6 is 39.7 Å². The third-order valence-electron chi connectivity index (χ3n) is 2.71. The first-order chi connectivity index (χ1) is 8.18. The molecule has 0 aliphatic carbocycles. The quantitative estimate of drug-likeness (QED) is 0.871. The summed E-state index contributed by atoms with van der Waals surface area (Å²) < 4.78 is 6.49. The Bertz CT molecular complexity index is 402. The first-order valence-electron chi connectivity index (χ1n) is 5.53. The lowest BCUT2D eigenvalue weighted by molar-refractivity contribution is -0.129. The normalized spacial score (nSPS) is 23.2. The number of hydrogen-bond donors (Lipinski definition) is 2. The van der Waals surface area contributed by atoms with Crippen molar-refractivity contribution >= 4 is 45.6 Å². The number of hydrogen-bond acceptors (Lipinski definition) is 4.